The normalized spacial score (nSPS) is 14.2. The molecule has 32 heavy (non-hydrogen) atoms. The molecule has 1 aliphatic heterocycles. The third-order valence-corrected chi connectivity index (χ3v) is 6.68. The molecular formula is C24H22ClFN4OS. The standard InChI is InChI=1S/C24H22ClFN4OS/c1-2-31-17-9-7-16(8-10-17)18-15-32-23-21(18)22(27-24(25)28-23)30-13-11-29(12-14-30)20-6-4-3-5-19(20)26/h3-10,15H,2,11-14H2,1H3. The lowest BCUT2D eigenvalue weighted by molar-refractivity contribution is 0.340. The predicted molar refractivity (Wildman–Crippen MR) is 130 cm³/mol. The molecule has 0 amide bonds. The first-order chi connectivity index (χ1) is 15.6. The highest BCUT2D eigenvalue weighted by Crippen LogP contribution is 2.39. The summed E-state index contributed by atoms with van der Waals surface area (Å²) in [4.78, 5) is 14.2. The van der Waals surface area contributed by atoms with Crippen LogP contribution in [0.5, 0.6) is 5.75 Å². The summed E-state index contributed by atoms with van der Waals surface area (Å²) in [5.41, 5.74) is 2.80. The fraction of sp³-hybridized carbons (Fsp3) is 0.250. The minimum absolute atomic E-state index is 0.191. The van der Waals surface area contributed by atoms with Crippen molar-refractivity contribution in [2.75, 3.05) is 42.6 Å². The number of fused-ring (bicyclic) bond motifs is 1. The molecule has 1 fully saturated rings. The molecule has 0 spiro atoms. The quantitative estimate of drug-likeness (QED) is 0.342. The number of thiophene rings is 1. The van der Waals surface area contributed by atoms with Crippen molar-refractivity contribution in [2.45, 2.75) is 6.92 Å². The van der Waals surface area contributed by atoms with Gasteiger partial charge in [-0.2, -0.15) is 4.98 Å². The first-order valence-electron chi connectivity index (χ1n) is 10.6. The highest BCUT2D eigenvalue weighted by Gasteiger charge is 2.24. The predicted octanol–water partition coefficient (Wildman–Crippen LogP) is 5.88. The second-order valence-corrected chi connectivity index (χ2v) is 8.72. The Morgan fingerprint density at radius 2 is 1.72 bits per heavy atom. The summed E-state index contributed by atoms with van der Waals surface area (Å²) in [7, 11) is 0. The maximum absolute atomic E-state index is 14.2. The molecule has 2 aromatic heterocycles. The number of nitrogens with zero attached hydrogens (tertiary/aromatic N) is 4. The van der Waals surface area contributed by atoms with Gasteiger partial charge in [0.05, 0.1) is 17.7 Å². The highest BCUT2D eigenvalue weighted by molar-refractivity contribution is 7.17. The molecule has 2 aromatic carbocycles. The van der Waals surface area contributed by atoms with Gasteiger partial charge < -0.3 is 14.5 Å². The largest absolute Gasteiger partial charge is 0.494 e. The number of halogens is 2. The van der Waals surface area contributed by atoms with Crippen LogP contribution < -0.4 is 14.5 Å². The summed E-state index contributed by atoms with van der Waals surface area (Å²) >= 11 is 7.84. The van der Waals surface area contributed by atoms with Gasteiger partial charge in [0, 0.05) is 37.1 Å². The Labute approximate surface area is 195 Å². The molecule has 3 heterocycles. The van der Waals surface area contributed by atoms with Crippen molar-refractivity contribution < 1.29 is 9.13 Å². The van der Waals surface area contributed by atoms with Crippen LogP contribution in [0, 0.1) is 5.82 Å². The van der Waals surface area contributed by atoms with Gasteiger partial charge in [-0.1, -0.05) is 24.3 Å². The van der Waals surface area contributed by atoms with E-state index in [1.165, 1.54) is 6.07 Å². The van der Waals surface area contributed by atoms with Crippen LogP contribution in [0.15, 0.2) is 53.9 Å². The molecule has 5 nitrogen and oxygen atoms in total. The number of anilines is 2. The molecule has 4 aromatic rings. The number of piperazine rings is 1. The Balaban J connectivity index is 1.46. The number of aromatic nitrogens is 2. The van der Waals surface area contributed by atoms with E-state index in [1.54, 1.807) is 17.4 Å². The van der Waals surface area contributed by atoms with Gasteiger partial charge in [0.2, 0.25) is 5.28 Å². The number of hydrogen-bond donors (Lipinski definition) is 0. The topological polar surface area (TPSA) is 41.5 Å². The van der Waals surface area contributed by atoms with Crippen molar-refractivity contribution in [3.05, 3.63) is 65.0 Å². The van der Waals surface area contributed by atoms with Crippen LogP contribution in [0.1, 0.15) is 6.92 Å². The summed E-state index contributed by atoms with van der Waals surface area (Å²) in [5, 5.41) is 3.34. The Hall–Kier alpha value is -2.90. The molecule has 0 aliphatic carbocycles. The van der Waals surface area contributed by atoms with Crippen LogP contribution in [-0.4, -0.2) is 42.8 Å². The Kier molecular flexibility index (Phi) is 5.85. The van der Waals surface area contributed by atoms with Crippen molar-refractivity contribution in [1.29, 1.82) is 0 Å². The van der Waals surface area contributed by atoms with Gasteiger partial charge in [-0.15, -0.1) is 11.3 Å². The molecule has 0 unspecified atom stereocenters. The maximum atomic E-state index is 14.2. The number of benzene rings is 2. The second kappa shape index (κ2) is 8.92. The zero-order valence-corrected chi connectivity index (χ0v) is 19.2. The lowest BCUT2D eigenvalue weighted by Crippen LogP contribution is -2.47. The molecule has 0 radical (unpaired) electrons. The van der Waals surface area contributed by atoms with Crippen LogP contribution in [0.4, 0.5) is 15.9 Å². The first-order valence-corrected chi connectivity index (χ1v) is 11.8. The fourth-order valence-corrected chi connectivity index (χ4v) is 5.26. The average Bonchev–Trinajstić information content (AvgIpc) is 3.23. The van der Waals surface area contributed by atoms with E-state index in [2.05, 4.69) is 37.3 Å². The van der Waals surface area contributed by atoms with E-state index < -0.39 is 0 Å². The van der Waals surface area contributed by atoms with Crippen molar-refractivity contribution in [1.82, 2.24) is 9.97 Å². The van der Waals surface area contributed by atoms with Gasteiger partial charge in [0.25, 0.3) is 0 Å². The zero-order valence-electron chi connectivity index (χ0n) is 17.6. The van der Waals surface area contributed by atoms with E-state index in [4.69, 9.17) is 16.3 Å². The third kappa shape index (κ3) is 3.98. The summed E-state index contributed by atoms with van der Waals surface area (Å²) in [5.74, 6) is 1.49. The second-order valence-electron chi connectivity index (χ2n) is 7.53. The maximum Gasteiger partial charge on any atom is 0.225 e. The van der Waals surface area contributed by atoms with E-state index in [1.807, 2.05) is 31.2 Å². The lowest BCUT2D eigenvalue weighted by Gasteiger charge is -2.37. The van der Waals surface area contributed by atoms with Gasteiger partial charge in [0.15, 0.2) is 0 Å². The monoisotopic (exact) mass is 468 g/mol. The minimum atomic E-state index is -0.191. The van der Waals surface area contributed by atoms with Crippen molar-refractivity contribution >= 4 is 44.7 Å². The van der Waals surface area contributed by atoms with Crippen molar-refractivity contribution in [3.8, 4) is 16.9 Å². The Morgan fingerprint density at radius 3 is 2.44 bits per heavy atom. The smallest absolute Gasteiger partial charge is 0.225 e. The van der Waals surface area contributed by atoms with E-state index in [9.17, 15) is 4.39 Å². The van der Waals surface area contributed by atoms with E-state index in [0.29, 0.717) is 25.4 Å². The molecule has 1 aliphatic rings. The summed E-state index contributed by atoms with van der Waals surface area (Å²) in [6.45, 7) is 5.44. The molecule has 5 rings (SSSR count). The lowest BCUT2D eigenvalue weighted by atomic mass is 10.1. The molecular weight excluding hydrogens is 447 g/mol. The Morgan fingerprint density at radius 1 is 1.00 bits per heavy atom. The molecule has 0 N–H and O–H groups in total. The molecule has 164 valence electrons. The van der Waals surface area contributed by atoms with E-state index in [-0.39, 0.29) is 11.1 Å². The first kappa shape index (κ1) is 21.0. The SMILES string of the molecule is CCOc1ccc(-c2csc3nc(Cl)nc(N4CCN(c5ccccc5F)CC4)c23)cc1. The Bertz CT molecular complexity index is 1240. The summed E-state index contributed by atoms with van der Waals surface area (Å²) in [6, 6.07) is 15.0. The van der Waals surface area contributed by atoms with Crippen LogP contribution in [0.25, 0.3) is 21.3 Å². The molecule has 0 atom stereocenters. The molecule has 0 bridgehead atoms. The number of ether oxygens (including phenoxy) is 1. The van der Waals surface area contributed by atoms with Crippen LogP contribution in [-0.2, 0) is 0 Å². The number of rotatable bonds is 5. The minimum Gasteiger partial charge on any atom is -0.494 e. The summed E-state index contributed by atoms with van der Waals surface area (Å²) < 4.78 is 19.8. The number of para-hydroxylation sites is 1. The fourth-order valence-electron chi connectivity index (χ4n) is 4.10. The zero-order chi connectivity index (χ0) is 22.1. The van der Waals surface area contributed by atoms with Crippen LogP contribution >= 0.6 is 22.9 Å². The highest BCUT2D eigenvalue weighted by atomic mass is 35.5. The van der Waals surface area contributed by atoms with Crippen LogP contribution in [0.3, 0.4) is 0 Å². The van der Waals surface area contributed by atoms with Gasteiger partial charge in [-0.25, -0.2) is 9.37 Å². The average molecular weight is 469 g/mol. The van der Waals surface area contributed by atoms with E-state index in [0.717, 1.165) is 46.0 Å². The third-order valence-electron chi connectivity index (χ3n) is 5.64. The van der Waals surface area contributed by atoms with Gasteiger partial charge in [-0.3, -0.25) is 0 Å². The number of hydrogen-bond acceptors (Lipinski definition) is 6. The van der Waals surface area contributed by atoms with Gasteiger partial charge in [-0.05, 0) is 48.4 Å². The van der Waals surface area contributed by atoms with Crippen molar-refractivity contribution in [2.24, 2.45) is 0 Å². The van der Waals surface area contributed by atoms with Crippen molar-refractivity contribution in [3.63, 3.8) is 0 Å². The molecule has 1 saturated heterocycles. The molecule has 8 heteroatoms. The summed E-state index contributed by atoms with van der Waals surface area (Å²) in [6.07, 6.45) is 0. The van der Waals surface area contributed by atoms with Crippen LogP contribution in [0.2, 0.25) is 5.28 Å². The van der Waals surface area contributed by atoms with E-state index >= 15 is 0 Å². The van der Waals surface area contributed by atoms with Gasteiger partial charge in [0.1, 0.15) is 22.2 Å². The van der Waals surface area contributed by atoms with Gasteiger partial charge >= 0.3 is 0 Å². The molecule has 0 saturated carbocycles.